The number of amides is 1. The second-order valence-corrected chi connectivity index (χ2v) is 7.68. The molecule has 1 rings (SSSR count). The molecule has 0 spiro atoms. The van der Waals surface area contributed by atoms with Gasteiger partial charge in [-0.15, -0.1) is 12.4 Å². The van der Waals surface area contributed by atoms with E-state index in [9.17, 15) is 9.59 Å². The van der Waals surface area contributed by atoms with Gasteiger partial charge in [0.15, 0.2) is 0 Å². The molecule has 0 aliphatic heterocycles. The van der Waals surface area contributed by atoms with Gasteiger partial charge in [0.05, 0.1) is 6.10 Å². The Hall–Kier alpha value is -0.810. The lowest BCUT2D eigenvalue weighted by molar-refractivity contribution is -0.152. The minimum Gasteiger partial charge on any atom is -0.461 e. The van der Waals surface area contributed by atoms with Crippen LogP contribution >= 0.6 is 12.4 Å². The summed E-state index contributed by atoms with van der Waals surface area (Å²) in [5, 5.41) is 2.89. The largest absolute Gasteiger partial charge is 0.461 e. The first kappa shape index (κ1) is 23.2. The van der Waals surface area contributed by atoms with Gasteiger partial charge < -0.3 is 15.8 Å². The van der Waals surface area contributed by atoms with E-state index in [0.717, 1.165) is 25.7 Å². The van der Waals surface area contributed by atoms with Gasteiger partial charge >= 0.3 is 5.97 Å². The summed E-state index contributed by atoms with van der Waals surface area (Å²) in [6, 6.07) is -0.566. The van der Waals surface area contributed by atoms with Crippen LogP contribution in [0.5, 0.6) is 0 Å². The molecule has 0 aromatic rings. The van der Waals surface area contributed by atoms with Gasteiger partial charge in [-0.05, 0) is 51.0 Å². The van der Waals surface area contributed by atoms with Crippen LogP contribution in [-0.2, 0) is 14.3 Å². The molecule has 1 amide bonds. The lowest BCUT2D eigenvalue weighted by Crippen LogP contribution is -2.46. The van der Waals surface area contributed by atoms with Gasteiger partial charge in [0.1, 0.15) is 6.04 Å². The number of rotatable bonds is 8. The average Bonchev–Trinajstić information content (AvgIpc) is 2.46. The summed E-state index contributed by atoms with van der Waals surface area (Å²) >= 11 is 0. The number of halogens is 1. The highest BCUT2D eigenvalue weighted by atomic mass is 35.5. The van der Waals surface area contributed by atoms with Crippen molar-refractivity contribution in [2.45, 2.75) is 84.8 Å². The molecule has 1 aliphatic rings. The monoisotopic (exact) mass is 362 g/mol. The third-order valence-electron chi connectivity index (χ3n) is 4.56. The van der Waals surface area contributed by atoms with Crippen molar-refractivity contribution in [3.63, 3.8) is 0 Å². The first-order chi connectivity index (χ1) is 10.8. The third-order valence-corrected chi connectivity index (χ3v) is 4.56. The van der Waals surface area contributed by atoms with E-state index in [0.29, 0.717) is 25.3 Å². The Morgan fingerprint density at radius 2 is 1.71 bits per heavy atom. The number of carbonyl (C=O) groups excluding carboxylic acids is 2. The molecule has 0 aromatic heterocycles. The number of esters is 1. The number of ether oxygens (including phenoxy) is 1. The minimum absolute atomic E-state index is 0. The SMILES string of the molecule is CC(C)C[C@H](NC(=O)CC1(CN)CCCCC1)C(=O)OC(C)C.Cl. The molecule has 0 aromatic carbocycles. The van der Waals surface area contributed by atoms with E-state index in [1.54, 1.807) is 0 Å². The molecule has 6 heteroatoms. The van der Waals surface area contributed by atoms with Crippen molar-refractivity contribution >= 4 is 24.3 Å². The normalized spacial score (nSPS) is 18.0. The van der Waals surface area contributed by atoms with Gasteiger partial charge in [-0.2, -0.15) is 0 Å². The van der Waals surface area contributed by atoms with Crippen LogP contribution in [0.15, 0.2) is 0 Å². The molecule has 0 saturated heterocycles. The molecule has 3 N–H and O–H groups in total. The van der Waals surface area contributed by atoms with Crippen LogP contribution in [0.2, 0.25) is 0 Å². The van der Waals surface area contributed by atoms with Gasteiger partial charge in [-0.3, -0.25) is 4.79 Å². The Morgan fingerprint density at radius 1 is 1.12 bits per heavy atom. The van der Waals surface area contributed by atoms with E-state index >= 15 is 0 Å². The molecule has 0 bridgehead atoms. The molecule has 1 aliphatic carbocycles. The Balaban J connectivity index is 0.00000529. The summed E-state index contributed by atoms with van der Waals surface area (Å²) in [5.41, 5.74) is 5.86. The van der Waals surface area contributed by atoms with E-state index in [1.807, 2.05) is 27.7 Å². The van der Waals surface area contributed by atoms with Crippen molar-refractivity contribution in [1.82, 2.24) is 5.32 Å². The highest BCUT2D eigenvalue weighted by Gasteiger charge is 2.34. The topological polar surface area (TPSA) is 81.4 Å². The zero-order chi connectivity index (χ0) is 17.5. The first-order valence-electron chi connectivity index (χ1n) is 8.98. The van der Waals surface area contributed by atoms with Gasteiger partial charge in [0.25, 0.3) is 0 Å². The van der Waals surface area contributed by atoms with Crippen LogP contribution in [0.1, 0.15) is 72.6 Å². The molecule has 0 radical (unpaired) electrons. The summed E-state index contributed by atoms with van der Waals surface area (Å²) in [4.78, 5) is 24.7. The van der Waals surface area contributed by atoms with Gasteiger partial charge in [0.2, 0.25) is 5.91 Å². The zero-order valence-electron chi connectivity index (χ0n) is 15.6. The van der Waals surface area contributed by atoms with Crippen LogP contribution in [-0.4, -0.2) is 30.6 Å². The molecule has 1 fully saturated rings. The van der Waals surface area contributed by atoms with Crippen LogP contribution < -0.4 is 11.1 Å². The number of hydrogen-bond donors (Lipinski definition) is 2. The number of hydrogen-bond acceptors (Lipinski definition) is 4. The molecule has 24 heavy (non-hydrogen) atoms. The maximum atomic E-state index is 12.5. The first-order valence-corrected chi connectivity index (χ1v) is 8.98. The van der Waals surface area contributed by atoms with Crippen molar-refractivity contribution < 1.29 is 14.3 Å². The fraction of sp³-hybridized carbons (Fsp3) is 0.889. The molecular formula is C18H35ClN2O3. The Morgan fingerprint density at radius 3 is 2.17 bits per heavy atom. The zero-order valence-corrected chi connectivity index (χ0v) is 16.4. The van der Waals surface area contributed by atoms with Gasteiger partial charge in [-0.25, -0.2) is 4.79 Å². The summed E-state index contributed by atoms with van der Waals surface area (Å²) < 4.78 is 5.28. The maximum Gasteiger partial charge on any atom is 0.328 e. The lowest BCUT2D eigenvalue weighted by atomic mass is 9.71. The van der Waals surface area contributed by atoms with Crippen molar-refractivity contribution in [2.24, 2.45) is 17.1 Å². The fourth-order valence-corrected chi connectivity index (χ4v) is 3.34. The van der Waals surface area contributed by atoms with Crippen LogP contribution in [0.3, 0.4) is 0 Å². The molecular weight excluding hydrogens is 328 g/mol. The summed E-state index contributed by atoms with van der Waals surface area (Å²) in [5.74, 6) is -0.116. The van der Waals surface area contributed by atoms with E-state index < -0.39 is 6.04 Å². The molecule has 142 valence electrons. The van der Waals surface area contributed by atoms with E-state index in [1.165, 1.54) is 6.42 Å². The molecule has 0 unspecified atom stereocenters. The van der Waals surface area contributed by atoms with Gasteiger partial charge in [0, 0.05) is 6.42 Å². The van der Waals surface area contributed by atoms with Crippen molar-refractivity contribution in [2.75, 3.05) is 6.54 Å². The van der Waals surface area contributed by atoms with Crippen molar-refractivity contribution in [3.05, 3.63) is 0 Å². The van der Waals surface area contributed by atoms with Crippen LogP contribution in [0.25, 0.3) is 0 Å². The molecule has 1 saturated carbocycles. The predicted molar refractivity (Wildman–Crippen MR) is 99.1 cm³/mol. The lowest BCUT2D eigenvalue weighted by Gasteiger charge is -2.36. The standard InChI is InChI=1S/C18H34N2O3.ClH/c1-13(2)10-15(17(22)23-14(3)4)20-16(21)11-18(12-19)8-6-5-7-9-18;/h13-15H,5-12,19H2,1-4H3,(H,20,21);1H/t15-;/m0./s1. The highest BCUT2D eigenvalue weighted by Crippen LogP contribution is 2.38. The maximum absolute atomic E-state index is 12.5. The Labute approximate surface area is 152 Å². The summed E-state index contributed by atoms with van der Waals surface area (Å²) in [7, 11) is 0. The fourth-order valence-electron chi connectivity index (χ4n) is 3.34. The van der Waals surface area contributed by atoms with E-state index in [-0.39, 0.29) is 35.8 Å². The summed E-state index contributed by atoms with van der Waals surface area (Å²) in [6.07, 6.45) is 6.32. The number of nitrogens with two attached hydrogens (primary N) is 1. The van der Waals surface area contributed by atoms with Crippen LogP contribution in [0, 0.1) is 11.3 Å². The average molecular weight is 363 g/mol. The van der Waals surface area contributed by atoms with Crippen molar-refractivity contribution in [1.29, 1.82) is 0 Å². The Bertz CT molecular complexity index is 394. The van der Waals surface area contributed by atoms with Gasteiger partial charge in [-0.1, -0.05) is 33.1 Å². The predicted octanol–water partition coefficient (Wildman–Crippen LogP) is 3.19. The quantitative estimate of drug-likeness (QED) is 0.649. The second kappa shape index (κ2) is 10.9. The van der Waals surface area contributed by atoms with Crippen molar-refractivity contribution in [3.8, 4) is 0 Å². The van der Waals surface area contributed by atoms with E-state index in [2.05, 4.69) is 5.32 Å². The van der Waals surface area contributed by atoms with Crippen LogP contribution in [0.4, 0.5) is 0 Å². The molecule has 1 atom stereocenters. The number of nitrogens with one attached hydrogen (secondary N) is 1. The second-order valence-electron chi connectivity index (χ2n) is 7.68. The Kier molecular flexibility index (Phi) is 10.6. The third kappa shape index (κ3) is 7.84. The highest BCUT2D eigenvalue weighted by molar-refractivity contribution is 5.85. The minimum atomic E-state index is -0.566. The molecule has 5 nitrogen and oxygen atoms in total. The smallest absolute Gasteiger partial charge is 0.328 e. The number of carbonyl (C=O) groups is 2. The molecule has 0 heterocycles. The van der Waals surface area contributed by atoms with E-state index in [4.69, 9.17) is 10.5 Å². The summed E-state index contributed by atoms with van der Waals surface area (Å²) in [6.45, 7) is 8.23.